The Hall–Kier alpha value is -1.30. The van der Waals surface area contributed by atoms with Crippen LogP contribution in [0, 0.1) is 22.7 Å². The summed E-state index contributed by atoms with van der Waals surface area (Å²) in [6, 6.07) is 0. The number of Topliss-reactive ketones (excluding diaryl/α,β-unsaturated/α-hetero) is 1. The molecule has 2 saturated carbocycles. The molecule has 0 spiro atoms. The molecule has 1 unspecified atom stereocenters. The van der Waals surface area contributed by atoms with E-state index in [4.69, 9.17) is 0 Å². The molecule has 0 aromatic heterocycles. The number of allylic oxidation sites excluding steroid dienone is 2. The van der Waals surface area contributed by atoms with Crippen LogP contribution in [0.15, 0.2) is 23.3 Å². The SMILES string of the molecule is CC(O)(O)C(=O)[C@@]1(O)C(=O)C=C2C3=CCC4CCCC[C@]4(C)[C@H]3CC[C@@]21C. The molecule has 5 nitrogen and oxygen atoms in total. The van der Waals surface area contributed by atoms with E-state index < -0.39 is 28.4 Å². The standard InChI is InChI=1S/C22H30O5/c1-19-10-5-4-6-13(19)7-8-14-15(19)9-11-20(2)16(14)12-17(23)22(20,27)18(24)21(3,25)26/h8,12-13,15,25-27H,4-7,9-11H2,1-3H3/t13?,15-,19-,20-,22-/m0/s1. The Bertz CT molecular complexity index is 772. The first-order valence-electron chi connectivity index (χ1n) is 10.2. The Morgan fingerprint density at radius 3 is 2.56 bits per heavy atom. The van der Waals surface area contributed by atoms with Gasteiger partial charge in [0, 0.05) is 5.41 Å². The summed E-state index contributed by atoms with van der Waals surface area (Å²) in [6.07, 6.45) is 10.8. The topological polar surface area (TPSA) is 94.8 Å². The van der Waals surface area contributed by atoms with Crippen molar-refractivity contribution < 1.29 is 24.9 Å². The zero-order valence-corrected chi connectivity index (χ0v) is 16.4. The van der Waals surface area contributed by atoms with Gasteiger partial charge in [0.15, 0.2) is 11.4 Å². The van der Waals surface area contributed by atoms with E-state index >= 15 is 0 Å². The van der Waals surface area contributed by atoms with Gasteiger partial charge in [-0.15, -0.1) is 0 Å². The fraction of sp³-hybridized carbons (Fsp3) is 0.727. The van der Waals surface area contributed by atoms with Crippen molar-refractivity contribution in [3.8, 4) is 0 Å². The van der Waals surface area contributed by atoms with Gasteiger partial charge in [0.05, 0.1) is 0 Å². The quantitative estimate of drug-likeness (QED) is 0.510. The van der Waals surface area contributed by atoms with Gasteiger partial charge in [-0.2, -0.15) is 0 Å². The lowest BCUT2D eigenvalue weighted by atomic mass is 9.48. The van der Waals surface area contributed by atoms with Crippen LogP contribution in [0.1, 0.15) is 65.7 Å². The number of aliphatic hydroxyl groups is 3. The number of hydrogen-bond acceptors (Lipinski definition) is 5. The van der Waals surface area contributed by atoms with Crippen molar-refractivity contribution in [2.45, 2.75) is 77.1 Å². The highest BCUT2D eigenvalue weighted by Crippen LogP contribution is 2.64. The normalized spacial score (nSPS) is 44.0. The van der Waals surface area contributed by atoms with Gasteiger partial charge < -0.3 is 15.3 Å². The highest BCUT2D eigenvalue weighted by atomic mass is 16.5. The molecule has 0 radical (unpaired) electrons. The molecule has 4 aliphatic carbocycles. The van der Waals surface area contributed by atoms with Crippen molar-refractivity contribution in [3.63, 3.8) is 0 Å². The van der Waals surface area contributed by atoms with Crippen LogP contribution in [0.4, 0.5) is 0 Å². The summed E-state index contributed by atoms with van der Waals surface area (Å²) >= 11 is 0. The molecule has 0 saturated heterocycles. The molecule has 0 aromatic rings. The van der Waals surface area contributed by atoms with Gasteiger partial charge in [-0.3, -0.25) is 9.59 Å². The van der Waals surface area contributed by atoms with Gasteiger partial charge in [0.2, 0.25) is 11.6 Å². The molecule has 148 valence electrons. The number of hydrogen-bond donors (Lipinski definition) is 3. The van der Waals surface area contributed by atoms with E-state index in [0.717, 1.165) is 30.9 Å². The molecule has 0 aromatic carbocycles. The van der Waals surface area contributed by atoms with Crippen molar-refractivity contribution in [1.29, 1.82) is 0 Å². The fourth-order valence-electron chi connectivity index (χ4n) is 6.54. The van der Waals surface area contributed by atoms with E-state index in [2.05, 4.69) is 13.0 Å². The molecule has 4 rings (SSSR count). The molecule has 2 fully saturated rings. The predicted octanol–water partition coefficient (Wildman–Crippen LogP) is 2.44. The summed E-state index contributed by atoms with van der Waals surface area (Å²) in [5.74, 6) is -3.73. The van der Waals surface area contributed by atoms with Crippen molar-refractivity contribution in [1.82, 2.24) is 0 Å². The third-order valence-corrected chi connectivity index (χ3v) is 8.27. The molecule has 0 aliphatic heterocycles. The van der Waals surface area contributed by atoms with Crippen molar-refractivity contribution in [3.05, 3.63) is 23.3 Å². The monoisotopic (exact) mass is 374 g/mol. The minimum absolute atomic E-state index is 0.195. The maximum atomic E-state index is 12.8. The van der Waals surface area contributed by atoms with E-state index in [1.54, 1.807) is 6.92 Å². The summed E-state index contributed by atoms with van der Waals surface area (Å²) < 4.78 is 0. The average molecular weight is 374 g/mol. The first kappa shape index (κ1) is 19.0. The summed E-state index contributed by atoms with van der Waals surface area (Å²) in [5.41, 5.74) is -1.51. The Balaban J connectivity index is 1.78. The van der Waals surface area contributed by atoms with E-state index in [1.807, 2.05) is 0 Å². The highest BCUT2D eigenvalue weighted by molar-refractivity contribution is 6.20. The lowest BCUT2D eigenvalue weighted by molar-refractivity contribution is -0.202. The minimum Gasteiger partial charge on any atom is -0.373 e. The third-order valence-electron chi connectivity index (χ3n) is 8.27. The van der Waals surface area contributed by atoms with Crippen LogP contribution in [-0.2, 0) is 9.59 Å². The molecule has 3 N–H and O–H groups in total. The Morgan fingerprint density at radius 2 is 1.89 bits per heavy atom. The number of rotatable bonds is 2. The molecule has 0 bridgehead atoms. The second kappa shape index (κ2) is 5.62. The Kier molecular flexibility index (Phi) is 3.96. The molecular formula is C22H30O5. The van der Waals surface area contributed by atoms with Gasteiger partial charge in [-0.1, -0.05) is 32.8 Å². The van der Waals surface area contributed by atoms with E-state index in [9.17, 15) is 24.9 Å². The Morgan fingerprint density at radius 1 is 1.19 bits per heavy atom. The maximum absolute atomic E-state index is 12.8. The summed E-state index contributed by atoms with van der Waals surface area (Å²) in [6.45, 7) is 4.99. The van der Waals surface area contributed by atoms with Crippen molar-refractivity contribution in [2.75, 3.05) is 0 Å². The third kappa shape index (κ3) is 2.28. The number of carbonyl (C=O) groups is 2. The van der Waals surface area contributed by atoms with Gasteiger partial charge in [0.1, 0.15) is 0 Å². The fourth-order valence-corrected chi connectivity index (χ4v) is 6.54. The smallest absolute Gasteiger partial charge is 0.231 e. The van der Waals surface area contributed by atoms with E-state index in [0.29, 0.717) is 18.3 Å². The number of ketones is 2. The molecule has 0 heterocycles. The lowest BCUT2D eigenvalue weighted by Crippen LogP contribution is -2.63. The van der Waals surface area contributed by atoms with Crippen molar-refractivity contribution in [2.24, 2.45) is 22.7 Å². The molecule has 0 amide bonds. The van der Waals surface area contributed by atoms with Crippen LogP contribution < -0.4 is 0 Å². The van der Waals surface area contributed by atoms with Crippen LogP contribution >= 0.6 is 0 Å². The Labute approximate surface area is 160 Å². The zero-order chi connectivity index (χ0) is 19.8. The molecule has 5 atom stereocenters. The summed E-state index contributed by atoms with van der Waals surface area (Å²) in [5, 5.41) is 30.8. The van der Waals surface area contributed by atoms with Crippen molar-refractivity contribution >= 4 is 11.6 Å². The molecule has 5 heteroatoms. The molecule has 4 aliphatic rings. The van der Waals surface area contributed by atoms with Gasteiger partial charge in [-0.25, -0.2) is 0 Å². The summed E-state index contributed by atoms with van der Waals surface area (Å²) in [4.78, 5) is 25.5. The largest absolute Gasteiger partial charge is 0.373 e. The zero-order valence-electron chi connectivity index (χ0n) is 16.4. The average Bonchev–Trinajstić information content (AvgIpc) is 2.81. The second-order valence-corrected chi connectivity index (χ2v) is 9.75. The first-order chi connectivity index (χ1) is 12.5. The van der Waals surface area contributed by atoms with Crippen LogP contribution in [0.25, 0.3) is 0 Å². The van der Waals surface area contributed by atoms with Crippen LogP contribution in [0.5, 0.6) is 0 Å². The van der Waals surface area contributed by atoms with Crippen LogP contribution in [-0.4, -0.2) is 38.3 Å². The van der Waals surface area contributed by atoms with Gasteiger partial charge in [-0.05, 0) is 73.5 Å². The molecular weight excluding hydrogens is 344 g/mol. The minimum atomic E-state index is -2.76. The maximum Gasteiger partial charge on any atom is 0.231 e. The summed E-state index contributed by atoms with van der Waals surface area (Å²) in [7, 11) is 0. The predicted molar refractivity (Wildman–Crippen MR) is 99.5 cm³/mol. The lowest BCUT2D eigenvalue weighted by Gasteiger charge is -2.56. The number of fused-ring (bicyclic) bond motifs is 5. The van der Waals surface area contributed by atoms with Crippen LogP contribution in [0.2, 0.25) is 0 Å². The van der Waals surface area contributed by atoms with E-state index in [-0.39, 0.29) is 5.41 Å². The van der Waals surface area contributed by atoms with E-state index in [1.165, 1.54) is 31.8 Å². The first-order valence-corrected chi connectivity index (χ1v) is 10.2. The van der Waals surface area contributed by atoms with Crippen LogP contribution in [0.3, 0.4) is 0 Å². The van der Waals surface area contributed by atoms with Gasteiger partial charge >= 0.3 is 0 Å². The van der Waals surface area contributed by atoms with Gasteiger partial charge in [0.25, 0.3) is 0 Å². The molecule has 27 heavy (non-hydrogen) atoms. The second-order valence-electron chi connectivity index (χ2n) is 9.75. The number of carbonyl (C=O) groups excluding carboxylic acids is 2. The highest BCUT2D eigenvalue weighted by Gasteiger charge is 2.68.